The zero-order valence-electron chi connectivity index (χ0n) is 6.24. The summed E-state index contributed by atoms with van der Waals surface area (Å²) in [4.78, 5) is 0. The van der Waals surface area contributed by atoms with E-state index in [4.69, 9.17) is 15.4 Å². The Kier molecular flexibility index (Phi) is 2.15. The second kappa shape index (κ2) is 3.09. The van der Waals surface area contributed by atoms with E-state index in [0.717, 1.165) is 0 Å². The average Bonchev–Trinajstić information content (AvgIpc) is 1.99. The molecular formula is C7H10N2O2. The van der Waals surface area contributed by atoms with E-state index in [1.807, 2.05) is 6.92 Å². The number of hydrogen-bond acceptors (Lipinski definition) is 3. The molecule has 0 radical (unpaired) electrons. The predicted octanol–water partition coefficient (Wildman–Crippen LogP) is 0.604. The van der Waals surface area contributed by atoms with Crippen molar-refractivity contribution in [2.75, 3.05) is 6.61 Å². The van der Waals surface area contributed by atoms with Gasteiger partial charge in [-0.3, -0.25) is 5.41 Å². The lowest BCUT2D eigenvalue weighted by Gasteiger charge is -2.03. The molecule has 0 saturated heterocycles. The SMILES string of the molecule is CCOc1cccn(O)c1=N. The zero-order valence-corrected chi connectivity index (χ0v) is 6.24. The van der Waals surface area contributed by atoms with Crippen LogP contribution < -0.4 is 10.2 Å². The lowest BCUT2D eigenvalue weighted by molar-refractivity contribution is 0.164. The van der Waals surface area contributed by atoms with E-state index in [0.29, 0.717) is 17.1 Å². The van der Waals surface area contributed by atoms with Crippen molar-refractivity contribution in [1.82, 2.24) is 4.73 Å². The molecule has 1 aromatic rings. The van der Waals surface area contributed by atoms with Crippen molar-refractivity contribution in [2.24, 2.45) is 0 Å². The normalized spacial score (nSPS) is 9.55. The van der Waals surface area contributed by atoms with Crippen LogP contribution in [0.1, 0.15) is 6.92 Å². The van der Waals surface area contributed by atoms with Crippen molar-refractivity contribution >= 4 is 0 Å². The van der Waals surface area contributed by atoms with Gasteiger partial charge in [0.25, 0.3) is 0 Å². The minimum atomic E-state index is -0.0330. The first-order chi connectivity index (χ1) is 5.25. The third-order valence-corrected chi connectivity index (χ3v) is 1.24. The number of pyridine rings is 1. The minimum absolute atomic E-state index is 0.0330. The van der Waals surface area contributed by atoms with Crippen LogP contribution in [0.3, 0.4) is 0 Å². The second-order valence-corrected chi connectivity index (χ2v) is 2.00. The van der Waals surface area contributed by atoms with Crippen LogP contribution in [0, 0.1) is 5.41 Å². The fraction of sp³-hybridized carbons (Fsp3) is 0.286. The molecule has 0 saturated carbocycles. The Morgan fingerprint density at radius 1 is 1.73 bits per heavy atom. The molecule has 0 atom stereocenters. The molecule has 2 N–H and O–H groups in total. The number of nitrogens with one attached hydrogen (secondary N) is 1. The quantitative estimate of drug-likeness (QED) is 0.613. The van der Waals surface area contributed by atoms with Gasteiger partial charge in [0.1, 0.15) is 0 Å². The Morgan fingerprint density at radius 3 is 3.09 bits per heavy atom. The number of rotatable bonds is 2. The fourth-order valence-corrected chi connectivity index (χ4v) is 0.750. The van der Waals surface area contributed by atoms with Gasteiger partial charge >= 0.3 is 0 Å². The molecule has 1 heterocycles. The van der Waals surface area contributed by atoms with Crippen molar-refractivity contribution < 1.29 is 9.94 Å². The summed E-state index contributed by atoms with van der Waals surface area (Å²) in [5.74, 6) is 0.387. The maximum absolute atomic E-state index is 8.98. The third kappa shape index (κ3) is 1.52. The zero-order chi connectivity index (χ0) is 8.27. The monoisotopic (exact) mass is 154 g/mol. The summed E-state index contributed by atoms with van der Waals surface area (Å²) in [6, 6.07) is 3.25. The van der Waals surface area contributed by atoms with Gasteiger partial charge in [-0.2, -0.15) is 4.73 Å². The smallest absolute Gasteiger partial charge is 0.202 e. The first kappa shape index (κ1) is 7.65. The third-order valence-electron chi connectivity index (χ3n) is 1.24. The molecule has 1 rings (SSSR count). The summed E-state index contributed by atoms with van der Waals surface area (Å²) in [6.45, 7) is 2.32. The summed E-state index contributed by atoms with van der Waals surface area (Å²) in [5, 5.41) is 16.3. The highest BCUT2D eigenvalue weighted by atomic mass is 16.5. The van der Waals surface area contributed by atoms with Crippen LogP contribution in [0.15, 0.2) is 18.3 Å². The Labute approximate surface area is 64.1 Å². The molecule has 0 unspecified atom stereocenters. The number of hydrogen-bond donors (Lipinski definition) is 2. The van der Waals surface area contributed by atoms with Gasteiger partial charge in [-0.25, -0.2) is 0 Å². The molecule has 60 valence electrons. The summed E-state index contributed by atoms with van der Waals surface area (Å²) >= 11 is 0. The molecule has 0 spiro atoms. The van der Waals surface area contributed by atoms with E-state index < -0.39 is 0 Å². The van der Waals surface area contributed by atoms with Crippen molar-refractivity contribution in [3.8, 4) is 5.75 Å². The highest BCUT2D eigenvalue weighted by Crippen LogP contribution is 1.99. The summed E-state index contributed by atoms with van der Waals surface area (Å²) < 4.78 is 5.76. The molecule has 4 heteroatoms. The molecule has 0 amide bonds. The van der Waals surface area contributed by atoms with Crippen LogP contribution in [-0.4, -0.2) is 16.5 Å². The average molecular weight is 154 g/mol. The van der Waals surface area contributed by atoms with Crippen molar-refractivity contribution in [3.05, 3.63) is 23.8 Å². The van der Waals surface area contributed by atoms with Gasteiger partial charge in [0.15, 0.2) is 5.75 Å². The lowest BCUT2D eigenvalue weighted by Crippen LogP contribution is -2.18. The molecule has 0 aliphatic rings. The molecule has 0 fully saturated rings. The van der Waals surface area contributed by atoms with Gasteiger partial charge in [-0.15, -0.1) is 0 Å². The van der Waals surface area contributed by atoms with Gasteiger partial charge in [-0.1, -0.05) is 0 Å². The Balaban J connectivity index is 3.07. The van der Waals surface area contributed by atoms with Crippen molar-refractivity contribution in [2.45, 2.75) is 6.92 Å². The van der Waals surface area contributed by atoms with Crippen LogP contribution in [0.25, 0.3) is 0 Å². The number of aromatic nitrogens is 1. The minimum Gasteiger partial charge on any atom is -0.490 e. The summed E-state index contributed by atoms with van der Waals surface area (Å²) in [7, 11) is 0. The van der Waals surface area contributed by atoms with Gasteiger partial charge < -0.3 is 9.94 Å². The Hall–Kier alpha value is -1.45. The van der Waals surface area contributed by atoms with Gasteiger partial charge in [0, 0.05) is 6.20 Å². The van der Waals surface area contributed by atoms with Gasteiger partial charge in [0.05, 0.1) is 6.61 Å². The first-order valence-corrected chi connectivity index (χ1v) is 3.34. The summed E-state index contributed by atoms with van der Waals surface area (Å²) in [5.41, 5.74) is -0.0330. The second-order valence-electron chi connectivity index (χ2n) is 2.00. The standard InChI is InChI=1S/C7H10N2O2/c1-2-11-6-4-3-5-9(10)7(6)8/h3-5,8,10H,2H2,1H3. The van der Waals surface area contributed by atoms with E-state index in [1.54, 1.807) is 12.1 Å². The highest BCUT2D eigenvalue weighted by molar-refractivity contribution is 5.14. The largest absolute Gasteiger partial charge is 0.490 e. The topological polar surface area (TPSA) is 58.2 Å². The van der Waals surface area contributed by atoms with Crippen molar-refractivity contribution in [1.29, 1.82) is 5.41 Å². The maximum Gasteiger partial charge on any atom is 0.202 e. The van der Waals surface area contributed by atoms with E-state index in [9.17, 15) is 0 Å². The molecular weight excluding hydrogens is 144 g/mol. The molecule has 1 aromatic heterocycles. The van der Waals surface area contributed by atoms with Crippen LogP contribution in [0.4, 0.5) is 0 Å². The molecule has 11 heavy (non-hydrogen) atoms. The number of ether oxygens (including phenoxy) is 1. The number of nitrogens with zero attached hydrogens (tertiary/aromatic N) is 1. The Morgan fingerprint density at radius 2 is 2.45 bits per heavy atom. The van der Waals surface area contributed by atoms with Gasteiger partial charge in [-0.05, 0) is 19.1 Å². The van der Waals surface area contributed by atoms with Crippen LogP contribution in [0.2, 0.25) is 0 Å². The van der Waals surface area contributed by atoms with E-state index in [-0.39, 0.29) is 5.49 Å². The van der Waals surface area contributed by atoms with Crippen LogP contribution in [0.5, 0.6) is 5.75 Å². The van der Waals surface area contributed by atoms with Crippen LogP contribution in [-0.2, 0) is 0 Å². The molecule has 0 bridgehead atoms. The van der Waals surface area contributed by atoms with E-state index >= 15 is 0 Å². The molecule has 0 aliphatic carbocycles. The Bertz CT molecular complexity index is 293. The van der Waals surface area contributed by atoms with E-state index in [2.05, 4.69) is 0 Å². The van der Waals surface area contributed by atoms with Crippen molar-refractivity contribution in [3.63, 3.8) is 0 Å². The fourth-order valence-electron chi connectivity index (χ4n) is 0.750. The van der Waals surface area contributed by atoms with Gasteiger partial charge in [0.2, 0.25) is 5.49 Å². The molecule has 0 aliphatic heterocycles. The first-order valence-electron chi connectivity index (χ1n) is 3.34. The maximum atomic E-state index is 8.98. The lowest BCUT2D eigenvalue weighted by atomic mass is 10.4. The van der Waals surface area contributed by atoms with Crippen LogP contribution >= 0.6 is 0 Å². The summed E-state index contributed by atoms with van der Waals surface area (Å²) in [6.07, 6.45) is 1.38. The van der Waals surface area contributed by atoms with E-state index in [1.165, 1.54) is 6.20 Å². The molecule has 4 nitrogen and oxygen atoms in total. The highest BCUT2D eigenvalue weighted by Gasteiger charge is 1.96. The predicted molar refractivity (Wildman–Crippen MR) is 38.6 cm³/mol. The molecule has 0 aromatic carbocycles.